The summed E-state index contributed by atoms with van der Waals surface area (Å²) in [5.74, 6) is -3.42. The Hall–Kier alpha value is -1.19. The number of oxime groups is 1. The Labute approximate surface area is 92.5 Å². The van der Waals surface area contributed by atoms with Gasteiger partial charge in [-0.3, -0.25) is 0 Å². The van der Waals surface area contributed by atoms with Gasteiger partial charge in [-0.25, -0.2) is 0 Å². The topological polar surface area (TPSA) is 70.6 Å². The van der Waals surface area contributed by atoms with Gasteiger partial charge < -0.3 is 16.3 Å². The van der Waals surface area contributed by atoms with Crippen LogP contribution in [0.2, 0.25) is 0 Å². The third-order valence-electron chi connectivity index (χ3n) is 1.80. The van der Waals surface area contributed by atoms with Crippen LogP contribution in [-0.2, 0) is 0 Å². The first-order valence-electron chi connectivity index (χ1n) is 4.39. The Bertz CT molecular complexity index is 261. The maximum absolute atomic E-state index is 12.3. The molecule has 0 spiro atoms. The zero-order valence-electron chi connectivity index (χ0n) is 8.44. The van der Waals surface area contributed by atoms with Crippen molar-refractivity contribution in [3.8, 4) is 0 Å². The van der Waals surface area contributed by atoms with E-state index in [0.29, 0.717) is 0 Å². The van der Waals surface area contributed by atoms with Crippen LogP contribution in [0.3, 0.4) is 0 Å². The van der Waals surface area contributed by atoms with E-state index < -0.39 is 43.6 Å². The van der Waals surface area contributed by atoms with E-state index in [1.807, 2.05) is 5.32 Å². The van der Waals surface area contributed by atoms with Gasteiger partial charge in [0, 0.05) is 13.1 Å². The van der Waals surface area contributed by atoms with Crippen molar-refractivity contribution in [2.75, 3.05) is 13.1 Å². The molecule has 4 nitrogen and oxygen atoms in total. The van der Waals surface area contributed by atoms with E-state index in [1.54, 1.807) is 0 Å². The van der Waals surface area contributed by atoms with Gasteiger partial charge in [-0.05, 0) is 0 Å². The van der Waals surface area contributed by atoms with Crippen LogP contribution < -0.4 is 11.1 Å². The number of rotatable bonds is 5. The summed E-state index contributed by atoms with van der Waals surface area (Å²) in [5.41, 5.74) is 4.79. The summed E-state index contributed by atoms with van der Waals surface area (Å²) < 4.78 is 71.9. The number of halogens is 6. The summed E-state index contributed by atoms with van der Waals surface area (Å²) in [7, 11) is 0. The Balaban J connectivity index is 4.21. The minimum absolute atomic E-state index is 0.672. The van der Waals surface area contributed by atoms with E-state index in [4.69, 9.17) is 10.9 Å². The summed E-state index contributed by atoms with van der Waals surface area (Å²) in [5, 5.41) is 12.3. The zero-order valence-corrected chi connectivity index (χ0v) is 8.44. The molecule has 0 aromatic rings. The summed E-state index contributed by atoms with van der Waals surface area (Å²) in [4.78, 5) is 0. The molecular weight excluding hydrogens is 256 g/mol. The first-order valence-corrected chi connectivity index (χ1v) is 4.39. The molecule has 0 aromatic heterocycles. The van der Waals surface area contributed by atoms with Gasteiger partial charge in [-0.15, -0.1) is 0 Å². The van der Waals surface area contributed by atoms with E-state index in [1.165, 1.54) is 0 Å². The molecule has 10 heteroatoms. The lowest BCUT2D eigenvalue weighted by Crippen LogP contribution is -2.43. The zero-order chi connectivity index (χ0) is 13.7. The largest absolute Gasteiger partial charge is 0.409 e. The number of nitrogens with one attached hydrogen (secondary N) is 1. The van der Waals surface area contributed by atoms with Gasteiger partial charge in [0.15, 0.2) is 5.84 Å². The van der Waals surface area contributed by atoms with Crippen LogP contribution >= 0.6 is 0 Å². The highest BCUT2D eigenvalue weighted by atomic mass is 19.4. The van der Waals surface area contributed by atoms with E-state index in [9.17, 15) is 26.3 Å². The predicted octanol–water partition coefficient (Wildman–Crippen LogP) is 1.45. The lowest BCUT2D eigenvalue weighted by atomic mass is 10.1. The second kappa shape index (κ2) is 5.94. The van der Waals surface area contributed by atoms with Crippen molar-refractivity contribution in [2.24, 2.45) is 16.8 Å². The van der Waals surface area contributed by atoms with Crippen molar-refractivity contribution >= 4 is 5.84 Å². The molecule has 0 aliphatic rings. The Kier molecular flexibility index (Phi) is 5.52. The normalized spacial score (nSPS) is 16.0. The molecule has 0 fully saturated rings. The molecule has 0 radical (unpaired) electrons. The highest BCUT2D eigenvalue weighted by Gasteiger charge is 2.42. The maximum atomic E-state index is 12.3. The molecule has 1 atom stereocenters. The summed E-state index contributed by atoms with van der Waals surface area (Å²) in [6, 6.07) is 0. The SMILES string of the molecule is NC(=NO)C(CNCCC(F)(F)F)C(F)(F)F. The van der Waals surface area contributed by atoms with Gasteiger partial charge in [0.25, 0.3) is 0 Å². The lowest BCUT2D eigenvalue weighted by molar-refractivity contribution is -0.155. The Morgan fingerprint density at radius 3 is 2.12 bits per heavy atom. The van der Waals surface area contributed by atoms with Crippen molar-refractivity contribution in [2.45, 2.75) is 18.8 Å². The van der Waals surface area contributed by atoms with E-state index in [-0.39, 0.29) is 0 Å². The van der Waals surface area contributed by atoms with Gasteiger partial charge in [-0.1, -0.05) is 5.16 Å². The van der Waals surface area contributed by atoms with Gasteiger partial charge in [0.05, 0.1) is 6.42 Å². The van der Waals surface area contributed by atoms with E-state index in [0.717, 1.165) is 0 Å². The van der Waals surface area contributed by atoms with Crippen LogP contribution in [0.15, 0.2) is 5.16 Å². The number of nitrogens with zero attached hydrogens (tertiary/aromatic N) is 1. The third-order valence-corrected chi connectivity index (χ3v) is 1.80. The molecule has 17 heavy (non-hydrogen) atoms. The van der Waals surface area contributed by atoms with Crippen molar-refractivity contribution in [3.05, 3.63) is 0 Å². The monoisotopic (exact) mass is 267 g/mol. The fraction of sp³-hybridized carbons (Fsp3) is 0.857. The van der Waals surface area contributed by atoms with Crippen LogP contribution in [0.5, 0.6) is 0 Å². The molecule has 0 heterocycles. The van der Waals surface area contributed by atoms with Crippen LogP contribution in [0, 0.1) is 5.92 Å². The Morgan fingerprint density at radius 1 is 1.24 bits per heavy atom. The number of amidine groups is 1. The quantitative estimate of drug-likeness (QED) is 0.176. The number of hydrogen-bond donors (Lipinski definition) is 3. The van der Waals surface area contributed by atoms with Gasteiger partial charge >= 0.3 is 12.4 Å². The van der Waals surface area contributed by atoms with Gasteiger partial charge in [-0.2, -0.15) is 26.3 Å². The number of hydrogen-bond acceptors (Lipinski definition) is 3. The van der Waals surface area contributed by atoms with Gasteiger partial charge in [0.2, 0.25) is 0 Å². The number of nitrogens with two attached hydrogens (primary N) is 1. The smallest absolute Gasteiger partial charge is 0.400 e. The summed E-state index contributed by atoms with van der Waals surface area (Å²) in [6.07, 6.45) is -10.5. The van der Waals surface area contributed by atoms with Crippen molar-refractivity contribution in [3.63, 3.8) is 0 Å². The van der Waals surface area contributed by atoms with E-state index >= 15 is 0 Å². The highest BCUT2D eigenvalue weighted by molar-refractivity contribution is 5.83. The predicted molar refractivity (Wildman–Crippen MR) is 46.5 cm³/mol. The molecule has 0 amide bonds. The van der Waals surface area contributed by atoms with Crippen molar-refractivity contribution < 1.29 is 31.5 Å². The first-order chi connectivity index (χ1) is 7.58. The van der Waals surface area contributed by atoms with E-state index in [2.05, 4.69) is 5.16 Å². The second-order valence-corrected chi connectivity index (χ2v) is 3.19. The number of alkyl halides is 6. The standard InChI is InChI=1S/C7H11F6N3O/c8-6(9,10)1-2-15-3-4(5(14)16-17)7(11,12)13/h4,15,17H,1-3H2,(H2,14,16). The van der Waals surface area contributed by atoms with Crippen molar-refractivity contribution in [1.82, 2.24) is 5.32 Å². The first kappa shape index (κ1) is 15.8. The molecular formula is C7H11F6N3O. The molecule has 4 N–H and O–H groups in total. The minimum atomic E-state index is -4.79. The summed E-state index contributed by atoms with van der Waals surface area (Å²) >= 11 is 0. The molecule has 1 unspecified atom stereocenters. The van der Waals surface area contributed by atoms with Crippen molar-refractivity contribution in [1.29, 1.82) is 0 Å². The average molecular weight is 267 g/mol. The van der Waals surface area contributed by atoms with Gasteiger partial charge in [0.1, 0.15) is 5.92 Å². The fourth-order valence-corrected chi connectivity index (χ4v) is 0.934. The molecule has 0 aliphatic heterocycles. The lowest BCUT2D eigenvalue weighted by Gasteiger charge is -2.19. The summed E-state index contributed by atoms with van der Waals surface area (Å²) in [6.45, 7) is -1.55. The molecule has 0 aromatic carbocycles. The molecule has 102 valence electrons. The van der Waals surface area contributed by atoms with Crippen LogP contribution in [0.25, 0.3) is 0 Å². The molecule has 0 saturated heterocycles. The molecule has 0 aliphatic carbocycles. The average Bonchev–Trinajstić information content (AvgIpc) is 2.13. The van der Waals surface area contributed by atoms with Crippen LogP contribution in [-0.4, -0.2) is 36.5 Å². The maximum Gasteiger partial charge on any atom is 0.400 e. The highest BCUT2D eigenvalue weighted by Crippen LogP contribution is 2.26. The fourth-order valence-electron chi connectivity index (χ4n) is 0.934. The minimum Gasteiger partial charge on any atom is -0.409 e. The van der Waals surface area contributed by atoms with Crippen LogP contribution in [0.1, 0.15) is 6.42 Å². The Morgan fingerprint density at radius 2 is 1.76 bits per heavy atom. The van der Waals surface area contributed by atoms with Crippen LogP contribution in [0.4, 0.5) is 26.3 Å². The molecule has 0 rings (SSSR count). The molecule has 0 saturated carbocycles. The molecule has 0 bridgehead atoms. The third kappa shape index (κ3) is 6.87. The second-order valence-electron chi connectivity index (χ2n) is 3.19.